The van der Waals surface area contributed by atoms with E-state index in [1.807, 2.05) is 0 Å². The van der Waals surface area contributed by atoms with Crippen LogP contribution in [0.1, 0.15) is 30.2 Å². The molecule has 1 aliphatic carbocycles. The molecule has 0 bridgehead atoms. The van der Waals surface area contributed by atoms with Gasteiger partial charge in [0.2, 0.25) is 0 Å². The predicted molar refractivity (Wildman–Crippen MR) is 111 cm³/mol. The van der Waals surface area contributed by atoms with Crippen LogP contribution in [0.15, 0.2) is 48.5 Å². The second kappa shape index (κ2) is 6.42. The number of piperidine rings is 1. The summed E-state index contributed by atoms with van der Waals surface area (Å²) in [5.41, 5.74) is 5.93. The Hall–Kier alpha value is -2.26. The first-order valence-electron chi connectivity index (χ1n) is 10.2. The van der Waals surface area contributed by atoms with Gasteiger partial charge in [0.15, 0.2) is 0 Å². The Morgan fingerprint density at radius 1 is 1.19 bits per heavy atom. The first kappa shape index (κ1) is 16.9. The molecule has 0 saturated carbocycles. The van der Waals surface area contributed by atoms with Gasteiger partial charge in [-0.3, -0.25) is 0 Å². The highest BCUT2D eigenvalue weighted by atomic mass is 16.5. The molecular weight excluding hydrogens is 332 g/mol. The maximum absolute atomic E-state index is 5.56. The SMILES string of the molecule is CCN1CC[C@]2(c3cccc(OC)c3)Cc3[nH]c4ccccc4c3C[C@H]2C1. The number of hydrogen-bond donors (Lipinski definition) is 1. The summed E-state index contributed by atoms with van der Waals surface area (Å²) in [5.74, 6) is 1.62. The predicted octanol–water partition coefficient (Wildman–Crippen LogP) is 4.55. The zero-order valence-electron chi connectivity index (χ0n) is 16.3. The van der Waals surface area contributed by atoms with Crippen LogP contribution in [0.5, 0.6) is 5.75 Å². The normalized spacial score (nSPS) is 25.2. The third kappa shape index (κ3) is 2.60. The van der Waals surface area contributed by atoms with Crippen LogP contribution in [0.2, 0.25) is 0 Å². The monoisotopic (exact) mass is 360 g/mol. The topological polar surface area (TPSA) is 28.3 Å². The summed E-state index contributed by atoms with van der Waals surface area (Å²) in [6, 6.07) is 17.6. The zero-order valence-corrected chi connectivity index (χ0v) is 16.3. The standard InChI is InChI=1S/C24H28N2O/c1-3-26-12-11-24(17-7-6-8-19(13-17)27-2)15-23-21(14-18(24)16-26)20-9-4-5-10-22(20)25-23/h4-10,13,18,25H,3,11-12,14-16H2,1-2H3/t18-,24+/m0/s1. The number of rotatable bonds is 3. The number of likely N-dealkylation sites (tertiary alicyclic amines) is 1. The van der Waals surface area contributed by atoms with E-state index >= 15 is 0 Å². The van der Waals surface area contributed by atoms with Crippen LogP contribution < -0.4 is 4.74 Å². The van der Waals surface area contributed by atoms with Crippen LogP contribution in [0.25, 0.3) is 10.9 Å². The smallest absolute Gasteiger partial charge is 0.119 e. The van der Waals surface area contributed by atoms with E-state index in [2.05, 4.69) is 65.3 Å². The van der Waals surface area contributed by atoms with Crippen molar-refractivity contribution in [3.8, 4) is 5.75 Å². The Kier molecular flexibility index (Phi) is 4.01. The molecule has 1 fully saturated rings. The second-order valence-corrected chi connectivity index (χ2v) is 8.24. The summed E-state index contributed by atoms with van der Waals surface area (Å²) in [4.78, 5) is 6.38. The zero-order chi connectivity index (χ0) is 18.4. The van der Waals surface area contributed by atoms with E-state index in [0.29, 0.717) is 5.92 Å². The molecule has 3 heteroatoms. The average molecular weight is 361 g/mol. The molecule has 0 radical (unpaired) electrons. The largest absolute Gasteiger partial charge is 0.497 e. The molecule has 1 aromatic heterocycles. The molecule has 1 aliphatic heterocycles. The molecule has 2 aliphatic rings. The van der Waals surface area contributed by atoms with Crippen molar-refractivity contribution in [1.82, 2.24) is 9.88 Å². The lowest BCUT2D eigenvalue weighted by Gasteiger charge is -2.51. The van der Waals surface area contributed by atoms with Gasteiger partial charge in [0.1, 0.15) is 5.75 Å². The quantitative estimate of drug-likeness (QED) is 0.742. The van der Waals surface area contributed by atoms with Gasteiger partial charge in [-0.05, 0) is 67.6 Å². The van der Waals surface area contributed by atoms with Gasteiger partial charge in [0, 0.05) is 28.6 Å². The lowest BCUT2D eigenvalue weighted by Crippen LogP contribution is -2.53. The fraction of sp³-hybridized carbons (Fsp3) is 0.417. The second-order valence-electron chi connectivity index (χ2n) is 8.24. The molecule has 3 nitrogen and oxygen atoms in total. The van der Waals surface area contributed by atoms with Crippen molar-refractivity contribution in [3.63, 3.8) is 0 Å². The molecule has 1 N–H and O–H groups in total. The van der Waals surface area contributed by atoms with Gasteiger partial charge in [0.05, 0.1) is 7.11 Å². The summed E-state index contributed by atoms with van der Waals surface area (Å²) in [5, 5.41) is 1.42. The van der Waals surface area contributed by atoms with E-state index in [4.69, 9.17) is 4.74 Å². The summed E-state index contributed by atoms with van der Waals surface area (Å²) in [6.45, 7) is 5.80. The first-order valence-corrected chi connectivity index (χ1v) is 10.2. The summed E-state index contributed by atoms with van der Waals surface area (Å²) in [6.07, 6.45) is 3.48. The average Bonchev–Trinajstić information content (AvgIpc) is 3.08. The van der Waals surface area contributed by atoms with E-state index in [0.717, 1.165) is 25.1 Å². The molecule has 2 heterocycles. The number of methoxy groups -OCH3 is 1. The van der Waals surface area contributed by atoms with E-state index in [-0.39, 0.29) is 5.41 Å². The number of aromatic nitrogens is 1. The van der Waals surface area contributed by atoms with Crippen molar-refractivity contribution < 1.29 is 4.74 Å². The fourth-order valence-electron chi connectivity index (χ4n) is 5.54. The van der Waals surface area contributed by atoms with Crippen molar-refractivity contribution in [2.24, 2.45) is 5.92 Å². The first-order chi connectivity index (χ1) is 13.2. The number of fused-ring (bicyclic) bond motifs is 4. The van der Waals surface area contributed by atoms with Gasteiger partial charge in [-0.2, -0.15) is 0 Å². The van der Waals surface area contributed by atoms with Crippen LogP contribution in [-0.4, -0.2) is 36.6 Å². The van der Waals surface area contributed by atoms with E-state index in [1.54, 1.807) is 12.7 Å². The number of nitrogens with zero attached hydrogens (tertiary/aromatic N) is 1. The van der Waals surface area contributed by atoms with Gasteiger partial charge < -0.3 is 14.6 Å². The lowest BCUT2D eigenvalue weighted by atomic mass is 9.59. The molecule has 1 saturated heterocycles. The molecule has 140 valence electrons. The Morgan fingerprint density at radius 3 is 2.93 bits per heavy atom. The third-order valence-electron chi connectivity index (χ3n) is 7.07. The van der Waals surface area contributed by atoms with Crippen molar-refractivity contribution >= 4 is 10.9 Å². The van der Waals surface area contributed by atoms with Crippen LogP contribution in [-0.2, 0) is 18.3 Å². The Balaban J connectivity index is 1.65. The number of ether oxygens (including phenoxy) is 1. The molecule has 5 rings (SSSR count). The van der Waals surface area contributed by atoms with Crippen molar-refractivity contribution in [3.05, 3.63) is 65.4 Å². The minimum atomic E-state index is 0.202. The summed E-state index contributed by atoms with van der Waals surface area (Å²) in [7, 11) is 1.77. The minimum Gasteiger partial charge on any atom is -0.497 e. The van der Waals surface area contributed by atoms with Crippen LogP contribution >= 0.6 is 0 Å². The van der Waals surface area contributed by atoms with E-state index in [1.165, 1.54) is 41.7 Å². The van der Waals surface area contributed by atoms with Crippen LogP contribution in [0, 0.1) is 5.92 Å². The molecule has 0 amide bonds. The highest BCUT2D eigenvalue weighted by molar-refractivity contribution is 5.85. The Morgan fingerprint density at radius 2 is 2.07 bits per heavy atom. The maximum atomic E-state index is 5.56. The molecule has 2 atom stereocenters. The number of hydrogen-bond acceptors (Lipinski definition) is 2. The van der Waals surface area contributed by atoms with Crippen LogP contribution in [0.4, 0.5) is 0 Å². The van der Waals surface area contributed by atoms with Crippen molar-refractivity contribution in [1.29, 1.82) is 0 Å². The van der Waals surface area contributed by atoms with E-state index < -0.39 is 0 Å². The molecular formula is C24H28N2O. The summed E-state index contributed by atoms with van der Waals surface area (Å²) >= 11 is 0. The number of H-pyrrole nitrogens is 1. The van der Waals surface area contributed by atoms with Crippen molar-refractivity contribution in [2.75, 3.05) is 26.7 Å². The number of para-hydroxylation sites is 1. The molecule has 0 unspecified atom stereocenters. The number of nitrogens with one attached hydrogen (secondary N) is 1. The number of benzene rings is 2. The molecule has 3 aromatic rings. The molecule has 0 spiro atoms. The van der Waals surface area contributed by atoms with Gasteiger partial charge in [0.25, 0.3) is 0 Å². The highest BCUT2D eigenvalue weighted by Crippen LogP contribution is 2.49. The highest BCUT2D eigenvalue weighted by Gasteiger charge is 2.47. The fourth-order valence-corrected chi connectivity index (χ4v) is 5.54. The van der Waals surface area contributed by atoms with E-state index in [9.17, 15) is 0 Å². The van der Waals surface area contributed by atoms with Gasteiger partial charge in [-0.15, -0.1) is 0 Å². The molecule has 2 aromatic carbocycles. The van der Waals surface area contributed by atoms with Gasteiger partial charge >= 0.3 is 0 Å². The van der Waals surface area contributed by atoms with Crippen molar-refractivity contribution in [2.45, 2.75) is 31.6 Å². The van der Waals surface area contributed by atoms with Crippen LogP contribution in [0.3, 0.4) is 0 Å². The number of aromatic amines is 1. The molecule has 27 heavy (non-hydrogen) atoms. The minimum absolute atomic E-state index is 0.202. The Labute approximate surface area is 161 Å². The maximum Gasteiger partial charge on any atom is 0.119 e. The third-order valence-corrected chi connectivity index (χ3v) is 7.07. The van der Waals surface area contributed by atoms with Gasteiger partial charge in [-0.25, -0.2) is 0 Å². The van der Waals surface area contributed by atoms with Gasteiger partial charge in [-0.1, -0.05) is 37.3 Å². The lowest BCUT2D eigenvalue weighted by molar-refractivity contribution is 0.0852. The Bertz CT molecular complexity index is 975. The summed E-state index contributed by atoms with van der Waals surface area (Å²) < 4.78 is 5.56.